The lowest BCUT2D eigenvalue weighted by molar-refractivity contribution is -0.132. The number of rotatable bonds is 2. The molecule has 6 rings (SSSR count). The average molecular weight is 544 g/mol. The molecule has 2 fully saturated rings. The van der Waals surface area contributed by atoms with Crippen molar-refractivity contribution in [3.05, 3.63) is 58.0 Å². The zero-order valence-electron chi connectivity index (χ0n) is 17.7. The van der Waals surface area contributed by atoms with Crippen LogP contribution in [0.5, 0.6) is 0 Å². The maximum absolute atomic E-state index is 13.7. The number of aliphatic hydroxyl groups excluding tert-OH is 2. The van der Waals surface area contributed by atoms with E-state index in [9.17, 15) is 15.0 Å². The predicted octanol–water partition coefficient (Wildman–Crippen LogP) is 2.54. The molecule has 5 N–H and O–H groups in total. The molecule has 2 aliphatic rings. The fraction of sp³-hybridized carbons (Fsp3) is 0.304. The number of anilines is 1. The Bertz CT molecular complexity index is 1480. The largest absolute Gasteiger partial charge is 0.389 e. The zero-order chi connectivity index (χ0) is 23.8. The minimum absolute atomic E-state index is 0.157. The highest BCUT2D eigenvalue weighted by Gasteiger charge is 2.61. The molecule has 0 bridgehead atoms. The van der Waals surface area contributed by atoms with Gasteiger partial charge in [-0.15, -0.1) is 0 Å². The molecule has 4 aromatic rings. The third-order valence-corrected chi connectivity index (χ3v) is 8.14. The molecule has 1 aliphatic heterocycles. The van der Waals surface area contributed by atoms with Crippen LogP contribution in [0.25, 0.3) is 21.9 Å². The van der Waals surface area contributed by atoms with Gasteiger partial charge in [0.05, 0.1) is 39.0 Å². The third kappa shape index (κ3) is 3.03. The number of nitrogen functional groups attached to an aromatic ring is 1. The highest BCUT2D eigenvalue weighted by Crippen LogP contribution is 2.50. The molecule has 174 valence electrons. The number of fused-ring (bicyclic) bond motifs is 2. The number of halogens is 2. The molecular formula is C23H20BrClN6O3. The van der Waals surface area contributed by atoms with E-state index in [-0.39, 0.29) is 18.7 Å². The molecule has 3 aromatic heterocycles. The number of Topliss-reactive ketones (excluding diaryl/α,β-unsaturated/α-hetero) is 1. The summed E-state index contributed by atoms with van der Waals surface area (Å²) in [4.78, 5) is 26.4. The van der Waals surface area contributed by atoms with E-state index in [4.69, 9.17) is 17.3 Å². The van der Waals surface area contributed by atoms with Gasteiger partial charge in [-0.05, 0) is 46.1 Å². The molecule has 11 heteroatoms. The summed E-state index contributed by atoms with van der Waals surface area (Å²) in [6.07, 6.45) is 0.986. The summed E-state index contributed by atoms with van der Waals surface area (Å²) in [6, 6.07) is 8.07. The van der Waals surface area contributed by atoms with E-state index in [1.54, 1.807) is 16.8 Å². The molecule has 0 amide bonds. The van der Waals surface area contributed by atoms with Crippen LogP contribution in [0.15, 0.2) is 47.3 Å². The van der Waals surface area contributed by atoms with Gasteiger partial charge in [0.25, 0.3) is 0 Å². The van der Waals surface area contributed by atoms with Gasteiger partial charge in [-0.2, -0.15) is 0 Å². The molecule has 1 spiro atoms. The molecule has 5 unspecified atom stereocenters. The van der Waals surface area contributed by atoms with Crippen molar-refractivity contribution >= 4 is 61.1 Å². The second kappa shape index (κ2) is 7.69. The Morgan fingerprint density at radius 3 is 2.88 bits per heavy atom. The smallest absolute Gasteiger partial charge is 0.164 e. The quantitative estimate of drug-likeness (QED) is 0.283. The molecule has 1 saturated carbocycles. The number of ketones is 1. The Kier molecular flexibility index (Phi) is 4.95. The summed E-state index contributed by atoms with van der Waals surface area (Å²) in [5.41, 5.74) is 6.76. The fourth-order valence-electron chi connectivity index (χ4n) is 5.42. The number of hydrogen-bond donors (Lipinski definition) is 4. The normalized spacial score (nSPS) is 29.1. The predicted molar refractivity (Wildman–Crippen MR) is 130 cm³/mol. The highest BCUT2D eigenvalue weighted by atomic mass is 79.9. The first-order valence-corrected chi connectivity index (χ1v) is 11.9. The first-order valence-electron chi connectivity index (χ1n) is 10.8. The van der Waals surface area contributed by atoms with Gasteiger partial charge in [0.2, 0.25) is 0 Å². The van der Waals surface area contributed by atoms with Crippen LogP contribution in [0.2, 0.25) is 5.15 Å². The van der Waals surface area contributed by atoms with E-state index >= 15 is 0 Å². The lowest BCUT2D eigenvalue weighted by atomic mass is 9.79. The molecule has 0 radical (unpaired) electrons. The number of benzene rings is 1. The second-order valence-corrected chi connectivity index (χ2v) is 10.2. The Labute approximate surface area is 207 Å². The number of carbonyl (C=O) groups is 1. The van der Waals surface area contributed by atoms with Crippen LogP contribution >= 0.6 is 27.5 Å². The maximum atomic E-state index is 13.7. The lowest BCUT2D eigenvalue weighted by Gasteiger charge is -2.25. The number of nitrogens with two attached hydrogens (primary N) is 1. The van der Waals surface area contributed by atoms with Crippen molar-refractivity contribution in [3.63, 3.8) is 0 Å². The van der Waals surface area contributed by atoms with Crippen molar-refractivity contribution in [3.8, 4) is 0 Å². The Morgan fingerprint density at radius 2 is 2.06 bits per heavy atom. The van der Waals surface area contributed by atoms with Gasteiger partial charge in [-0.25, -0.2) is 15.0 Å². The van der Waals surface area contributed by atoms with Crippen LogP contribution in [0, 0.1) is 5.41 Å². The van der Waals surface area contributed by atoms with Crippen molar-refractivity contribution in [1.29, 1.82) is 0 Å². The molecular weight excluding hydrogens is 524 g/mol. The van der Waals surface area contributed by atoms with E-state index in [0.29, 0.717) is 32.0 Å². The van der Waals surface area contributed by atoms with Crippen LogP contribution in [-0.4, -0.2) is 54.3 Å². The van der Waals surface area contributed by atoms with E-state index in [0.717, 1.165) is 10.9 Å². The molecule has 4 heterocycles. The third-order valence-electron chi connectivity index (χ3n) is 7.21. The van der Waals surface area contributed by atoms with Crippen molar-refractivity contribution in [2.45, 2.75) is 30.7 Å². The summed E-state index contributed by atoms with van der Waals surface area (Å²) >= 11 is 9.56. The zero-order valence-corrected chi connectivity index (χ0v) is 20.0. The van der Waals surface area contributed by atoms with Gasteiger partial charge in [-0.3, -0.25) is 4.79 Å². The number of aliphatic hydroxyl groups is 2. The van der Waals surface area contributed by atoms with Crippen LogP contribution < -0.4 is 11.1 Å². The fourth-order valence-corrected chi connectivity index (χ4v) is 5.95. The Hall–Kier alpha value is -2.63. The van der Waals surface area contributed by atoms with E-state index in [1.807, 2.05) is 24.3 Å². The van der Waals surface area contributed by atoms with Gasteiger partial charge in [0.1, 0.15) is 29.0 Å². The van der Waals surface area contributed by atoms with Gasteiger partial charge in [-0.1, -0.05) is 23.7 Å². The maximum Gasteiger partial charge on any atom is 0.164 e. The van der Waals surface area contributed by atoms with Crippen LogP contribution in [0.3, 0.4) is 0 Å². The molecule has 5 atom stereocenters. The summed E-state index contributed by atoms with van der Waals surface area (Å²) < 4.78 is 2.48. The minimum atomic E-state index is -1.23. The number of pyridine rings is 1. The van der Waals surface area contributed by atoms with Crippen molar-refractivity contribution in [2.24, 2.45) is 5.41 Å². The molecule has 34 heavy (non-hydrogen) atoms. The molecule has 1 saturated heterocycles. The Balaban J connectivity index is 1.35. The topological polar surface area (TPSA) is 139 Å². The summed E-state index contributed by atoms with van der Waals surface area (Å²) in [5.74, 6) is 0.210. The highest BCUT2D eigenvalue weighted by molar-refractivity contribution is 9.10. The lowest BCUT2D eigenvalue weighted by Crippen LogP contribution is -2.42. The van der Waals surface area contributed by atoms with Crippen LogP contribution in [0.1, 0.15) is 24.1 Å². The first-order chi connectivity index (χ1) is 16.3. The van der Waals surface area contributed by atoms with Crippen LogP contribution in [-0.2, 0) is 4.79 Å². The SMILES string of the molecule is Nc1nc2cc(C3NCC4(CC(n5ccc6c(Cl)ncnc65)C(O)C4O)C3=O)ccc2cc1Br. The van der Waals surface area contributed by atoms with Gasteiger partial charge >= 0.3 is 0 Å². The number of nitrogens with zero attached hydrogens (tertiary/aromatic N) is 4. The summed E-state index contributed by atoms with van der Waals surface area (Å²) in [6.45, 7) is 0.244. The number of nitrogens with one attached hydrogen (secondary N) is 1. The standard InChI is InChI=1S/C23H20BrClN6O3/c24-13-5-10-1-2-11(6-14(10)30-21(13)26)16-18(33)23(8-27-16)7-15(17(32)19(23)34)31-4-3-12-20(25)28-9-29-22(12)31/h1-6,9,15-17,19,27,32,34H,7-8H2,(H2,26,30). The van der Waals surface area contributed by atoms with Gasteiger partial charge in [0.15, 0.2) is 5.78 Å². The van der Waals surface area contributed by atoms with E-state index in [2.05, 4.69) is 36.2 Å². The van der Waals surface area contributed by atoms with Crippen molar-refractivity contribution in [1.82, 2.24) is 24.8 Å². The number of carbonyl (C=O) groups excluding carboxylic acids is 1. The first kappa shape index (κ1) is 21.9. The summed E-state index contributed by atoms with van der Waals surface area (Å²) in [5, 5.41) is 27.2. The minimum Gasteiger partial charge on any atom is -0.389 e. The van der Waals surface area contributed by atoms with Crippen molar-refractivity contribution < 1.29 is 15.0 Å². The van der Waals surface area contributed by atoms with E-state index < -0.39 is 29.7 Å². The van der Waals surface area contributed by atoms with Crippen LogP contribution in [0.4, 0.5) is 5.82 Å². The molecule has 9 nitrogen and oxygen atoms in total. The Morgan fingerprint density at radius 1 is 1.24 bits per heavy atom. The molecule has 1 aliphatic carbocycles. The van der Waals surface area contributed by atoms with E-state index in [1.165, 1.54) is 6.33 Å². The number of hydrogen-bond acceptors (Lipinski definition) is 8. The van der Waals surface area contributed by atoms with Gasteiger partial charge < -0.3 is 25.8 Å². The van der Waals surface area contributed by atoms with Gasteiger partial charge in [0, 0.05) is 18.1 Å². The molecule has 1 aromatic carbocycles. The van der Waals surface area contributed by atoms with Crippen molar-refractivity contribution in [2.75, 3.05) is 12.3 Å². The monoisotopic (exact) mass is 542 g/mol. The average Bonchev–Trinajstić information content (AvgIpc) is 3.46. The second-order valence-electron chi connectivity index (χ2n) is 8.97. The summed E-state index contributed by atoms with van der Waals surface area (Å²) in [7, 11) is 0. The number of aromatic nitrogens is 4.